The summed E-state index contributed by atoms with van der Waals surface area (Å²) >= 11 is 6.06. The molecule has 1 atom stereocenters. The molecule has 1 aromatic carbocycles. The summed E-state index contributed by atoms with van der Waals surface area (Å²) in [6, 6.07) is 4.16. The van der Waals surface area contributed by atoms with E-state index < -0.39 is 0 Å². The second-order valence-electron chi connectivity index (χ2n) is 4.36. The first-order valence-corrected chi connectivity index (χ1v) is 6.51. The molecule has 1 saturated heterocycles. The highest BCUT2D eigenvalue weighted by atomic mass is 35.5. The van der Waals surface area contributed by atoms with Gasteiger partial charge in [0.1, 0.15) is 11.5 Å². The fourth-order valence-corrected chi connectivity index (χ4v) is 2.39. The molecule has 1 aromatic rings. The summed E-state index contributed by atoms with van der Waals surface area (Å²) in [5.74, 6) is 1.39. The normalized spacial score (nSPS) is 18.7. The predicted molar refractivity (Wildman–Crippen MR) is 74.1 cm³/mol. The van der Waals surface area contributed by atoms with E-state index in [0.717, 1.165) is 24.5 Å². The lowest BCUT2D eigenvalue weighted by Crippen LogP contribution is -2.29. The molecule has 2 N–H and O–H groups in total. The van der Waals surface area contributed by atoms with Gasteiger partial charge in [-0.25, -0.2) is 0 Å². The van der Waals surface area contributed by atoms with Crippen molar-refractivity contribution in [2.24, 2.45) is 0 Å². The molecule has 0 spiro atoms. The Bertz CT molecular complexity index is 406. The molecule has 0 aromatic heterocycles. The number of hydrogen-bond acceptors (Lipinski definition) is 4. The van der Waals surface area contributed by atoms with Gasteiger partial charge in [0.05, 0.1) is 24.9 Å². The molecule has 2 rings (SSSR count). The minimum atomic E-state index is 0.524. The SMILES string of the molecule is COc1cc(NCC2CCCN2)c(OC)cc1Cl. The number of ether oxygens (including phenoxy) is 2. The molecule has 0 saturated carbocycles. The predicted octanol–water partition coefficient (Wildman–Crippen LogP) is 2.52. The van der Waals surface area contributed by atoms with Gasteiger partial charge in [0, 0.05) is 24.7 Å². The molecule has 1 unspecified atom stereocenters. The molecule has 0 bridgehead atoms. The molecule has 100 valence electrons. The van der Waals surface area contributed by atoms with Gasteiger partial charge in [-0.15, -0.1) is 0 Å². The van der Waals surface area contributed by atoms with Crippen LogP contribution in [0.15, 0.2) is 12.1 Å². The van der Waals surface area contributed by atoms with Crippen LogP contribution in [-0.4, -0.2) is 33.4 Å². The topological polar surface area (TPSA) is 42.5 Å². The summed E-state index contributed by atoms with van der Waals surface area (Å²) in [4.78, 5) is 0. The van der Waals surface area contributed by atoms with Gasteiger partial charge in [-0.3, -0.25) is 0 Å². The zero-order chi connectivity index (χ0) is 13.0. The number of hydrogen-bond donors (Lipinski definition) is 2. The second kappa shape index (κ2) is 6.16. The van der Waals surface area contributed by atoms with E-state index in [1.165, 1.54) is 12.8 Å². The average Bonchev–Trinajstić information content (AvgIpc) is 2.90. The summed E-state index contributed by atoms with van der Waals surface area (Å²) in [5.41, 5.74) is 0.910. The van der Waals surface area contributed by atoms with Crippen molar-refractivity contribution >= 4 is 17.3 Å². The number of anilines is 1. The monoisotopic (exact) mass is 270 g/mol. The Morgan fingerprint density at radius 3 is 2.72 bits per heavy atom. The lowest BCUT2D eigenvalue weighted by molar-refractivity contribution is 0.404. The van der Waals surface area contributed by atoms with Crippen molar-refractivity contribution in [3.63, 3.8) is 0 Å². The van der Waals surface area contributed by atoms with Gasteiger partial charge < -0.3 is 20.1 Å². The lowest BCUT2D eigenvalue weighted by Gasteiger charge is -2.16. The first kappa shape index (κ1) is 13.3. The van der Waals surface area contributed by atoms with E-state index in [1.54, 1.807) is 20.3 Å². The fourth-order valence-electron chi connectivity index (χ4n) is 2.16. The molecule has 0 amide bonds. The Morgan fingerprint density at radius 2 is 2.11 bits per heavy atom. The number of halogens is 1. The third-order valence-corrected chi connectivity index (χ3v) is 3.47. The van der Waals surface area contributed by atoms with E-state index in [9.17, 15) is 0 Å². The van der Waals surface area contributed by atoms with Crippen LogP contribution in [0.2, 0.25) is 5.02 Å². The Balaban J connectivity index is 2.09. The van der Waals surface area contributed by atoms with Crippen molar-refractivity contribution in [2.75, 3.05) is 32.6 Å². The van der Waals surface area contributed by atoms with Crippen molar-refractivity contribution in [1.82, 2.24) is 5.32 Å². The van der Waals surface area contributed by atoms with Gasteiger partial charge in [0.25, 0.3) is 0 Å². The third-order valence-electron chi connectivity index (χ3n) is 3.18. The molecule has 0 radical (unpaired) electrons. The molecule has 1 aliphatic rings. The van der Waals surface area contributed by atoms with Gasteiger partial charge in [-0.05, 0) is 19.4 Å². The van der Waals surface area contributed by atoms with Gasteiger partial charge in [0.15, 0.2) is 0 Å². The number of methoxy groups -OCH3 is 2. The van der Waals surface area contributed by atoms with Gasteiger partial charge in [-0.2, -0.15) is 0 Å². The summed E-state index contributed by atoms with van der Waals surface area (Å²) in [5, 5.41) is 7.38. The van der Waals surface area contributed by atoms with Crippen LogP contribution < -0.4 is 20.1 Å². The quantitative estimate of drug-likeness (QED) is 0.863. The molecule has 5 heteroatoms. The molecular formula is C13H19ClN2O2. The zero-order valence-corrected chi connectivity index (χ0v) is 11.5. The lowest BCUT2D eigenvalue weighted by atomic mass is 10.2. The highest BCUT2D eigenvalue weighted by Crippen LogP contribution is 2.35. The molecule has 0 aliphatic carbocycles. The molecule has 1 heterocycles. The van der Waals surface area contributed by atoms with Gasteiger partial charge >= 0.3 is 0 Å². The Morgan fingerprint density at radius 1 is 1.33 bits per heavy atom. The second-order valence-corrected chi connectivity index (χ2v) is 4.77. The van der Waals surface area contributed by atoms with Crippen LogP contribution in [0.3, 0.4) is 0 Å². The highest BCUT2D eigenvalue weighted by Gasteiger charge is 2.15. The van der Waals surface area contributed by atoms with Crippen molar-refractivity contribution in [3.8, 4) is 11.5 Å². The first-order valence-electron chi connectivity index (χ1n) is 6.13. The standard InChI is InChI=1S/C13H19ClN2O2/c1-17-12-7-11(13(18-2)6-10(12)14)16-8-9-4-3-5-15-9/h6-7,9,15-16H,3-5,8H2,1-2H3. The molecular weight excluding hydrogens is 252 g/mol. The summed E-state index contributed by atoms with van der Waals surface area (Å²) in [7, 11) is 3.24. The zero-order valence-electron chi connectivity index (χ0n) is 10.8. The molecule has 4 nitrogen and oxygen atoms in total. The van der Waals surface area contributed by atoms with Crippen molar-refractivity contribution in [1.29, 1.82) is 0 Å². The molecule has 1 aliphatic heterocycles. The fraction of sp³-hybridized carbons (Fsp3) is 0.538. The maximum atomic E-state index is 6.06. The average molecular weight is 271 g/mol. The van der Waals surface area contributed by atoms with E-state index >= 15 is 0 Å². The Hall–Kier alpha value is -1.13. The van der Waals surface area contributed by atoms with Crippen LogP contribution in [-0.2, 0) is 0 Å². The van der Waals surface area contributed by atoms with Crippen LogP contribution in [0.25, 0.3) is 0 Å². The van der Waals surface area contributed by atoms with Crippen molar-refractivity contribution < 1.29 is 9.47 Å². The third kappa shape index (κ3) is 3.00. The van der Waals surface area contributed by atoms with Gasteiger partial charge in [0.2, 0.25) is 0 Å². The summed E-state index contributed by atoms with van der Waals surface area (Å²) in [6.07, 6.45) is 2.45. The van der Waals surface area contributed by atoms with Crippen LogP contribution in [0.5, 0.6) is 11.5 Å². The first-order chi connectivity index (χ1) is 8.74. The number of rotatable bonds is 5. The van der Waals surface area contributed by atoms with E-state index in [-0.39, 0.29) is 0 Å². The minimum absolute atomic E-state index is 0.524. The van der Waals surface area contributed by atoms with Crippen molar-refractivity contribution in [2.45, 2.75) is 18.9 Å². The van der Waals surface area contributed by atoms with Gasteiger partial charge in [-0.1, -0.05) is 11.6 Å². The largest absolute Gasteiger partial charge is 0.495 e. The minimum Gasteiger partial charge on any atom is -0.495 e. The van der Waals surface area contributed by atoms with Crippen LogP contribution in [0.1, 0.15) is 12.8 Å². The van der Waals surface area contributed by atoms with E-state index in [1.807, 2.05) is 6.07 Å². The number of nitrogens with one attached hydrogen (secondary N) is 2. The molecule has 18 heavy (non-hydrogen) atoms. The van der Waals surface area contributed by atoms with Crippen LogP contribution in [0, 0.1) is 0 Å². The maximum Gasteiger partial charge on any atom is 0.143 e. The van der Waals surface area contributed by atoms with Crippen molar-refractivity contribution in [3.05, 3.63) is 17.2 Å². The van der Waals surface area contributed by atoms with E-state index in [2.05, 4.69) is 10.6 Å². The Labute approximate surface area is 113 Å². The van der Waals surface area contributed by atoms with Crippen LogP contribution >= 0.6 is 11.6 Å². The maximum absolute atomic E-state index is 6.06. The number of benzene rings is 1. The highest BCUT2D eigenvalue weighted by molar-refractivity contribution is 6.32. The molecule has 1 fully saturated rings. The Kier molecular flexibility index (Phi) is 4.55. The summed E-state index contributed by atoms with van der Waals surface area (Å²) in [6.45, 7) is 1.98. The van der Waals surface area contributed by atoms with Crippen LogP contribution in [0.4, 0.5) is 5.69 Å². The smallest absolute Gasteiger partial charge is 0.143 e. The summed E-state index contributed by atoms with van der Waals surface area (Å²) < 4.78 is 10.5. The van der Waals surface area contributed by atoms with E-state index in [4.69, 9.17) is 21.1 Å². The van der Waals surface area contributed by atoms with E-state index in [0.29, 0.717) is 16.8 Å².